The molecule has 88 valence electrons. The normalized spacial score (nSPS) is 10.5. The van der Waals surface area contributed by atoms with Crippen molar-refractivity contribution in [2.75, 3.05) is 0 Å². The van der Waals surface area contributed by atoms with Gasteiger partial charge in [0.1, 0.15) is 0 Å². The van der Waals surface area contributed by atoms with Gasteiger partial charge in [0.15, 0.2) is 0 Å². The van der Waals surface area contributed by atoms with Crippen LogP contribution in [0.1, 0.15) is 23.6 Å². The molecule has 2 heteroatoms. The maximum atomic E-state index is 4.31. The molecule has 17 heavy (non-hydrogen) atoms. The van der Waals surface area contributed by atoms with Crippen molar-refractivity contribution < 1.29 is 0 Å². The summed E-state index contributed by atoms with van der Waals surface area (Å²) >= 11 is 0. The van der Waals surface area contributed by atoms with Crippen LogP contribution in [0.25, 0.3) is 17.3 Å². The van der Waals surface area contributed by atoms with Gasteiger partial charge >= 0.3 is 0 Å². The average molecular weight is 226 g/mol. The van der Waals surface area contributed by atoms with E-state index in [1.165, 1.54) is 27.9 Å². The zero-order valence-corrected chi connectivity index (χ0v) is 10.7. The summed E-state index contributed by atoms with van der Waals surface area (Å²) in [6.45, 7) is 8.09. The van der Waals surface area contributed by atoms with Crippen LogP contribution >= 0.6 is 0 Å². The van der Waals surface area contributed by atoms with Crippen LogP contribution in [-0.2, 0) is 13.5 Å². The zero-order chi connectivity index (χ0) is 12.4. The fourth-order valence-corrected chi connectivity index (χ4v) is 2.20. The molecule has 0 saturated heterocycles. The molecule has 2 aromatic rings. The van der Waals surface area contributed by atoms with Gasteiger partial charge in [-0.3, -0.25) is 4.68 Å². The van der Waals surface area contributed by atoms with E-state index in [2.05, 4.69) is 43.7 Å². The molecule has 0 bridgehead atoms. The zero-order valence-electron chi connectivity index (χ0n) is 10.7. The molecule has 0 aliphatic rings. The van der Waals surface area contributed by atoms with Crippen LogP contribution in [0.3, 0.4) is 0 Å². The van der Waals surface area contributed by atoms with Crippen molar-refractivity contribution in [2.45, 2.75) is 20.3 Å². The first-order chi connectivity index (χ1) is 8.17. The number of hydrogen-bond acceptors (Lipinski definition) is 1. The largest absolute Gasteiger partial charge is 0.268 e. The number of hydrogen-bond donors (Lipinski definition) is 0. The standard InChI is InChI=1S/C15H18N2/c1-5-12-7-8-14(13(6-2)9-12)15-11(3)10-16-17(15)4/h5,7-10H,1,6H2,2-4H3. The van der Waals surface area contributed by atoms with Crippen molar-refractivity contribution in [3.63, 3.8) is 0 Å². The molecule has 0 N–H and O–H groups in total. The molecule has 0 amide bonds. The fraction of sp³-hybridized carbons (Fsp3) is 0.267. The topological polar surface area (TPSA) is 17.8 Å². The Balaban J connectivity index is 2.63. The number of nitrogens with zero attached hydrogens (tertiary/aromatic N) is 2. The summed E-state index contributed by atoms with van der Waals surface area (Å²) in [5.41, 5.74) is 6.21. The van der Waals surface area contributed by atoms with E-state index in [0.29, 0.717) is 0 Å². The second-order valence-corrected chi connectivity index (χ2v) is 4.27. The van der Waals surface area contributed by atoms with Crippen LogP contribution in [0, 0.1) is 6.92 Å². The molecule has 0 aliphatic heterocycles. The molecule has 0 saturated carbocycles. The molecular weight excluding hydrogens is 208 g/mol. The van der Waals surface area contributed by atoms with Gasteiger partial charge in [-0.2, -0.15) is 5.10 Å². The molecule has 0 atom stereocenters. The summed E-state index contributed by atoms with van der Waals surface area (Å²) in [6.07, 6.45) is 4.82. The summed E-state index contributed by atoms with van der Waals surface area (Å²) < 4.78 is 1.94. The minimum atomic E-state index is 1.02. The van der Waals surface area contributed by atoms with E-state index in [1.54, 1.807) is 0 Å². The second kappa shape index (κ2) is 4.58. The third-order valence-corrected chi connectivity index (χ3v) is 3.12. The highest BCUT2D eigenvalue weighted by atomic mass is 15.3. The molecule has 1 aromatic heterocycles. The molecule has 0 aliphatic carbocycles. The summed E-state index contributed by atoms with van der Waals surface area (Å²) in [5, 5.41) is 4.31. The Morgan fingerprint density at radius 2 is 2.18 bits per heavy atom. The SMILES string of the molecule is C=Cc1ccc(-c2c(C)cnn2C)c(CC)c1. The summed E-state index contributed by atoms with van der Waals surface area (Å²) in [5.74, 6) is 0. The van der Waals surface area contributed by atoms with E-state index in [9.17, 15) is 0 Å². The average Bonchev–Trinajstić information content (AvgIpc) is 2.68. The Bertz CT molecular complexity index is 531. The van der Waals surface area contributed by atoms with Crippen LogP contribution in [0.2, 0.25) is 0 Å². The van der Waals surface area contributed by atoms with Gasteiger partial charge in [-0.05, 0) is 30.0 Å². The van der Waals surface area contributed by atoms with Crippen molar-refractivity contribution >= 4 is 6.08 Å². The van der Waals surface area contributed by atoms with E-state index in [4.69, 9.17) is 0 Å². The van der Waals surface area contributed by atoms with Crippen molar-refractivity contribution in [3.05, 3.63) is 47.7 Å². The van der Waals surface area contributed by atoms with Crippen LogP contribution in [-0.4, -0.2) is 9.78 Å². The molecule has 0 radical (unpaired) electrons. The molecule has 0 spiro atoms. The maximum Gasteiger partial charge on any atom is 0.0710 e. The van der Waals surface area contributed by atoms with Crippen molar-refractivity contribution in [1.29, 1.82) is 0 Å². The minimum absolute atomic E-state index is 1.02. The maximum absolute atomic E-state index is 4.31. The Hall–Kier alpha value is -1.83. The van der Waals surface area contributed by atoms with Crippen LogP contribution in [0.4, 0.5) is 0 Å². The molecule has 2 nitrogen and oxygen atoms in total. The van der Waals surface area contributed by atoms with Gasteiger partial charge < -0.3 is 0 Å². The van der Waals surface area contributed by atoms with Gasteiger partial charge in [-0.25, -0.2) is 0 Å². The lowest BCUT2D eigenvalue weighted by atomic mass is 9.98. The Kier molecular flexibility index (Phi) is 3.14. The highest BCUT2D eigenvalue weighted by molar-refractivity contribution is 5.69. The quantitative estimate of drug-likeness (QED) is 0.782. The Labute approximate surface area is 103 Å². The molecular formula is C15H18N2. The van der Waals surface area contributed by atoms with E-state index in [-0.39, 0.29) is 0 Å². The van der Waals surface area contributed by atoms with Gasteiger partial charge in [0.2, 0.25) is 0 Å². The predicted octanol–water partition coefficient (Wildman–Crippen LogP) is 3.60. The summed E-state index contributed by atoms with van der Waals surface area (Å²) in [4.78, 5) is 0. The number of aryl methyl sites for hydroxylation is 3. The first-order valence-electron chi connectivity index (χ1n) is 5.91. The smallest absolute Gasteiger partial charge is 0.0710 e. The van der Waals surface area contributed by atoms with Crippen molar-refractivity contribution in [1.82, 2.24) is 9.78 Å². The van der Waals surface area contributed by atoms with E-state index >= 15 is 0 Å². The van der Waals surface area contributed by atoms with E-state index < -0.39 is 0 Å². The third-order valence-electron chi connectivity index (χ3n) is 3.12. The van der Waals surface area contributed by atoms with Crippen LogP contribution in [0.5, 0.6) is 0 Å². The lowest BCUT2D eigenvalue weighted by molar-refractivity contribution is 0.774. The molecule has 2 rings (SSSR count). The lowest BCUT2D eigenvalue weighted by Gasteiger charge is -2.10. The van der Waals surface area contributed by atoms with Crippen LogP contribution < -0.4 is 0 Å². The predicted molar refractivity (Wildman–Crippen MR) is 72.9 cm³/mol. The van der Waals surface area contributed by atoms with Crippen LogP contribution in [0.15, 0.2) is 31.0 Å². The number of rotatable bonds is 3. The lowest BCUT2D eigenvalue weighted by Crippen LogP contribution is -1.98. The van der Waals surface area contributed by atoms with Crippen molar-refractivity contribution in [2.24, 2.45) is 7.05 Å². The van der Waals surface area contributed by atoms with Gasteiger partial charge in [0.05, 0.1) is 11.9 Å². The summed E-state index contributed by atoms with van der Waals surface area (Å²) in [7, 11) is 1.99. The van der Waals surface area contributed by atoms with Gasteiger partial charge in [-0.1, -0.05) is 37.8 Å². The third kappa shape index (κ3) is 2.03. The van der Waals surface area contributed by atoms with Gasteiger partial charge in [-0.15, -0.1) is 0 Å². The molecule has 1 heterocycles. The highest BCUT2D eigenvalue weighted by Crippen LogP contribution is 2.27. The fourth-order valence-electron chi connectivity index (χ4n) is 2.20. The van der Waals surface area contributed by atoms with Gasteiger partial charge in [0.25, 0.3) is 0 Å². The highest BCUT2D eigenvalue weighted by Gasteiger charge is 2.11. The number of aromatic nitrogens is 2. The summed E-state index contributed by atoms with van der Waals surface area (Å²) in [6, 6.07) is 6.47. The molecule has 0 fully saturated rings. The van der Waals surface area contributed by atoms with Crippen molar-refractivity contribution in [3.8, 4) is 11.3 Å². The Morgan fingerprint density at radius 1 is 1.41 bits per heavy atom. The minimum Gasteiger partial charge on any atom is -0.268 e. The van der Waals surface area contributed by atoms with E-state index in [1.807, 2.05) is 24.0 Å². The van der Waals surface area contributed by atoms with E-state index in [0.717, 1.165) is 6.42 Å². The first kappa shape index (κ1) is 11.6. The first-order valence-corrected chi connectivity index (χ1v) is 5.91. The Morgan fingerprint density at radius 3 is 2.71 bits per heavy atom. The van der Waals surface area contributed by atoms with Gasteiger partial charge in [0, 0.05) is 12.6 Å². The number of benzene rings is 1. The second-order valence-electron chi connectivity index (χ2n) is 4.27. The monoisotopic (exact) mass is 226 g/mol. The molecule has 0 unspecified atom stereocenters. The molecule has 1 aromatic carbocycles.